The summed E-state index contributed by atoms with van der Waals surface area (Å²) in [5, 5.41) is 4.00. The molecule has 1 saturated heterocycles. The van der Waals surface area contributed by atoms with Crippen molar-refractivity contribution < 1.29 is 0 Å². The number of hydrogen-bond acceptors (Lipinski definition) is 2. The minimum Gasteiger partial charge on any atom is -0.305 e. The van der Waals surface area contributed by atoms with E-state index in [1.165, 1.54) is 12.3 Å². The van der Waals surface area contributed by atoms with Crippen LogP contribution in [0.2, 0.25) is 0 Å². The van der Waals surface area contributed by atoms with E-state index in [4.69, 9.17) is 0 Å². The molecule has 0 saturated carbocycles. The van der Waals surface area contributed by atoms with Crippen molar-refractivity contribution in [3.8, 4) is 0 Å². The van der Waals surface area contributed by atoms with Gasteiger partial charge in [-0.1, -0.05) is 0 Å². The van der Waals surface area contributed by atoms with Crippen molar-refractivity contribution in [3.63, 3.8) is 0 Å². The normalized spacial score (nSPS) is 29.6. The van der Waals surface area contributed by atoms with Crippen molar-refractivity contribution in [2.45, 2.75) is 12.3 Å². The molecular formula is C4H10ClNS. The Kier molecular flexibility index (Phi) is 3.89. The fraction of sp³-hybridized carbons (Fsp3) is 1.00. The van der Waals surface area contributed by atoms with Gasteiger partial charge in [-0.3, -0.25) is 0 Å². The number of nitrogens with one attached hydrogen (secondary N) is 1. The molecule has 1 N–H and O–H groups in total. The molecule has 1 aliphatic heterocycles. The van der Waals surface area contributed by atoms with E-state index in [2.05, 4.69) is 12.2 Å². The summed E-state index contributed by atoms with van der Waals surface area (Å²) in [4.78, 5) is 0. The quantitative estimate of drug-likeness (QED) is 0.540. The molecule has 44 valence electrons. The van der Waals surface area contributed by atoms with Crippen LogP contribution in [0.3, 0.4) is 0 Å². The first-order chi connectivity index (χ1) is 2.89. The van der Waals surface area contributed by atoms with Gasteiger partial charge in [-0.15, -0.1) is 24.2 Å². The maximum absolute atomic E-state index is 3.28. The predicted molar refractivity (Wildman–Crippen MR) is 37.2 cm³/mol. The Morgan fingerprint density at radius 2 is 2.43 bits per heavy atom. The third kappa shape index (κ3) is 2.42. The molecule has 1 nitrogen and oxygen atoms in total. The third-order valence-electron chi connectivity index (χ3n) is 0.902. The second-order valence-corrected chi connectivity index (χ2v) is 2.92. The zero-order chi connectivity index (χ0) is 4.41. The zero-order valence-electron chi connectivity index (χ0n) is 4.31. The lowest BCUT2D eigenvalue weighted by Crippen LogP contribution is -2.14. The summed E-state index contributed by atoms with van der Waals surface area (Å²) in [5.74, 6) is 1.29. The van der Waals surface area contributed by atoms with E-state index in [1.807, 2.05) is 11.8 Å². The highest BCUT2D eigenvalue weighted by atomic mass is 35.5. The van der Waals surface area contributed by atoms with Crippen LogP contribution in [-0.2, 0) is 0 Å². The number of thioether (sulfide) groups is 1. The molecule has 0 bridgehead atoms. The van der Waals surface area contributed by atoms with Crippen molar-refractivity contribution in [1.29, 1.82) is 0 Å². The molecule has 7 heavy (non-hydrogen) atoms. The van der Waals surface area contributed by atoms with E-state index < -0.39 is 0 Å². The molecule has 1 rings (SSSR count). The fourth-order valence-corrected chi connectivity index (χ4v) is 1.38. The average Bonchev–Trinajstić information content (AvgIpc) is 1.86. The molecule has 0 amide bonds. The topological polar surface area (TPSA) is 12.0 Å². The van der Waals surface area contributed by atoms with Gasteiger partial charge in [-0.2, -0.15) is 0 Å². The first-order valence-electron chi connectivity index (χ1n) is 2.24. The highest BCUT2D eigenvalue weighted by Gasteiger charge is 2.05. The van der Waals surface area contributed by atoms with Crippen LogP contribution in [-0.4, -0.2) is 17.7 Å². The van der Waals surface area contributed by atoms with Gasteiger partial charge in [0.15, 0.2) is 0 Å². The van der Waals surface area contributed by atoms with Crippen molar-refractivity contribution >= 4 is 24.2 Å². The van der Waals surface area contributed by atoms with Crippen molar-refractivity contribution in [2.75, 3.05) is 12.3 Å². The van der Waals surface area contributed by atoms with Gasteiger partial charge in [-0.25, -0.2) is 0 Å². The molecule has 0 radical (unpaired) electrons. The van der Waals surface area contributed by atoms with Gasteiger partial charge in [0.1, 0.15) is 0 Å². The lowest BCUT2D eigenvalue weighted by atomic mass is 10.7. The van der Waals surface area contributed by atoms with E-state index in [0.29, 0.717) is 5.37 Å². The minimum absolute atomic E-state index is 0. The Morgan fingerprint density at radius 3 is 2.57 bits per heavy atom. The molecule has 1 heterocycles. The van der Waals surface area contributed by atoms with Crippen LogP contribution >= 0.6 is 24.2 Å². The van der Waals surface area contributed by atoms with Crippen LogP contribution in [0.15, 0.2) is 0 Å². The Balaban J connectivity index is 0.000000360. The van der Waals surface area contributed by atoms with Crippen LogP contribution < -0.4 is 5.32 Å². The van der Waals surface area contributed by atoms with Crippen LogP contribution in [0.5, 0.6) is 0 Å². The number of hydrogen-bond donors (Lipinski definition) is 1. The van der Waals surface area contributed by atoms with E-state index in [1.54, 1.807) is 0 Å². The van der Waals surface area contributed by atoms with Gasteiger partial charge in [0.25, 0.3) is 0 Å². The monoisotopic (exact) mass is 139 g/mol. The van der Waals surface area contributed by atoms with Gasteiger partial charge >= 0.3 is 0 Å². The highest BCUT2D eigenvalue weighted by molar-refractivity contribution is 8.00. The van der Waals surface area contributed by atoms with Crippen LogP contribution in [0.1, 0.15) is 6.92 Å². The average molecular weight is 140 g/mol. The van der Waals surface area contributed by atoms with Gasteiger partial charge in [0.05, 0.1) is 5.37 Å². The summed E-state index contributed by atoms with van der Waals surface area (Å²) < 4.78 is 0. The summed E-state index contributed by atoms with van der Waals surface area (Å²) in [6.07, 6.45) is 0. The fourth-order valence-electron chi connectivity index (χ4n) is 0.557. The predicted octanol–water partition coefficient (Wildman–Crippen LogP) is 1.09. The standard InChI is InChI=1S/C4H9NS.ClH/c1-4-5-2-3-6-4;/h4-5H,2-3H2,1H3;1H. The Morgan fingerprint density at radius 1 is 1.71 bits per heavy atom. The van der Waals surface area contributed by atoms with Crippen molar-refractivity contribution in [2.24, 2.45) is 0 Å². The van der Waals surface area contributed by atoms with Gasteiger partial charge in [0, 0.05) is 12.3 Å². The summed E-state index contributed by atoms with van der Waals surface area (Å²) in [6, 6.07) is 0. The molecule has 1 fully saturated rings. The van der Waals surface area contributed by atoms with E-state index in [9.17, 15) is 0 Å². The van der Waals surface area contributed by atoms with Gasteiger partial charge in [0.2, 0.25) is 0 Å². The van der Waals surface area contributed by atoms with Crippen molar-refractivity contribution in [1.82, 2.24) is 5.32 Å². The summed E-state index contributed by atoms with van der Waals surface area (Å²) in [7, 11) is 0. The van der Waals surface area contributed by atoms with Crippen LogP contribution in [0, 0.1) is 0 Å². The van der Waals surface area contributed by atoms with E-state index in [0.717, 1.165) is 0 Å². The molecule has 0 aromatic heterocycles. The van der Waals surface area contributed by atoms with E-state index >= 15 is 0 Å². The summed E-state index contributed by atoms with van der Waals surface area (Å²) in [5.41, 5.74) is 0. The number of rotatable bonds is 0. The lowest BCUT2D eigenvalue weighted by molar-refractivity contribution is 0.761. The molecule has 1 aliphatic rings. The second-order valence-electron chi connectivity index (χ2n) is 1.47. The maximum atomic E-state index is 3.28. The molecule has 0 aromatic carbocycles. The molecule has 0 aliphatic carbocycles. The smallest absolute Gasteiger partial charge is 0.0504 e. The van der Waals surface area contributed by atoms with Gasteiger partial charge in [-0.05, 0) is 6.92 Å². The largest absolute Gasteiger partial charge is 0.305 e. The van der Waals surface area contributed by atoms with Crippen molar-refractivity contribution in [3.05, 3.63) is 0 Å². The third-order valence-corrected chi connectivity index (χ3v) is 2.01. The van der Waals surface area contributed by atoms with Gasteiger partial charge < -0.3 is 5.32 Å². The Bertz CT molecular complexity index is 45.0. The molecule has 1 unspecified atom stereocenters. The molecule has 0 aromatic rings. The first-order valence-corrected chi connectivity index (χ1v) is 3.29. The minimum atomic E-state index is 0. The SMILES string of the molecule is CC1NCCS1.Cl. The zero-order valence-corrected chi connectivity index (χ0v) is 5.94. The molecule has 1 atom stereocenters. The number of halogens is 1. The highest BCUT2D eigenvalue weighted by Crippen LogP contribution is 2.10. The van der Waals surface area contributed by atoms with E-state index in [-0.39, 0.29) is 12.4 Å². The van der Waals surface area contributed by atoms with Crippen LogP contribution in [0.4, 0.5) is 0 Å². The molecular weight excluding hydrogens is 130 g/mol. The Labute approximate surface area is 54.7 Å². The lowest BCUT2D eigenvalue weighted by Gasteiger charge is -1.94. The second kappa shape index (κ2) is 3.58. The molecule has 3 heteroatoms. The Hall–Kier alpha value is 0.600. The van der Waals surface area contributed by atoms with Crippen LogP contribution in [0.25, 0.3) is 0 Å². The summed E-state index contributed by atoms with van der Waals surface area (Å²) in [6.45, 7) is 3.39. The maximum Gasteiger partial charge on any atom is 0.0504 e. The molecule has 0 spiro atoms. The summed E-state index contributed by atoms with van der Waals surface area (Å²) >= 11 is 1.99. The first kappa shape index (κ1) is 7.60.